The van der Waals surface area contributed by atoms with Crippen LogP contribution in [0.1, 0.15) is 33.3 Å². The molecule has 6 heteroatoms. The Morgan fingerprint density at radius 3 is 2.03 bits per heavy atom. The molecule has 0 radical (unpaired) electrons. The molecule has 172 valence electrons. The number of hydrogen-bond acceptors (Lipinski definition) is 5. The third kappa shape index (κ3) is 5.36. The zero-order valence-corrected chi connectivity index (χ0v) is 20.0. The summed E-state index contributed by atoms with van der Waals surface area (Å²) in [6.45, 7) is 14.4. The van der Waals surface area contributed by atoms with Crippen LogP contribution in [-0.2, 0) is 4.74 Å². The second kappa shape index (κ2) is 9.55. The lowest BCUT2D eigenvalue weighted by Crippen LogP contribution is -2.50. The Morgan fingerprint density at radius 1 is 0.938 bits per heavy atom. The molecule has 1 heterocycles. The van der Waals surface area contributed by atoms with Gasteiger partial charge in [-0.15, -0.1) is 0 Å². The number of ether oxygens (including phenoxy) is 3. The van der Waals surface area contributed by atoms with Gasteiger partial charge in [-0.05, 0) is 68.7 Å². The molecule has 1 amide bonds. The zero-order valence-electron chi connectivity index (χ0n) is 20.0. The van der Waals surface area contributed by atoms with Crippen molar-refractivity contribution in [1.29, 1.82) is 0 Å². The summed E-state index contributed by atoms with van der Waals surface area (Å²) in [6.07, 6.45) is -0.248. The van der Waals surface area contributed by atoms with Crippen LogP contribution in [0.4, 0.5) is 10.5 Å². The van der Waals surface area contributed by atoms with E-state index in [-0.39, 0.29) is 6.09 Å². The fourth-order valence-corrected chi connectivity index (χ4v) is 3.86. The molecule has 0 unspecified atom stereocenters. The van der Waals surface area contributed by atoms with Gasteiger partial charge in [0.25, 0.3) is 0 Å². The van der Waals surface area contributed by atoms with Crippen LogP contribution in [-0.4, -0.2) is 57.0 Å². The smallest absolute Gasteiger partial charge is 0.410 e. The molecule has 0 aromatic heterocycles. The maximum absolute atomic E-state index is 12.3. The number of methoxy groups -OCH3 is 2. The van der Waals surface area contributed by atoms with Gasteiger partial charge in [0.05, 0.1) is 19.8 Å². The van der Waals surface area contributed by atoms with Gasteiger partial charge in [0.1, 0.15) is 17.1 Å². The molecule has 0 aliphatic carbocycles. The normalized spacial score (nSPS) is 14.2. The molecular formula is C26H34N2O4. The average molecular weight is 439 g/mol. The molecule has 0 saturated carbocycles. The number of amides is 1. The highest BCUT2D eigenvalue weighted by Crippen LogP contribution is 2.39. The quantitative estimate of drug-likeness (QED) is 0.620. The van der Waals surface area contributed by atoms with Gasteiger partial charge < -0.3 is 24.0 Å². The Balaban J connectivity index is 1.80. The van der Waals surface area contributed by atoms with Gasteiger partial charge in [-0.1, -0.05) is 18.7 Å². The average Bonchev–Trinajstić information content (AvgIpc) is 2.77. The zero-order chi connectivity index (χ0) is 23.5. The highest BCUT2D eigenvalue weighted by Gasteiger charge is 2.26. The van der Waals surface area contributed by atoms with Gasteiger partial charge >= 0.3 is 6.09 Å². The minimum absolute atomic E-state index is 0.248. The summed E-state index contributed by atoms with van der Waals surface area (Å²) in [5.41, 5.74) is 4.49. The Kier molecular flexibility index (Phi) is 7.02. The molecule has 0 atom stereocenters. The molecule has 0 N–H and O–H groups in total. The monoisotopic (exact) mass is 438 g/mol. The first-order valence-corrected chi connectivity index (χ1v) is 10.9. The second-order valence-electron chi connectivity index (χ2n) is 9.04. The van der Waals surface area contributed by atoms with Crippen molar-refractivity contribution >= 4 is 17.4 Å². The topological polar surface area (TPSA) is 51.2 Å². The molecule has 2 aromatic carbocycles. The summed E-state index contributed by atoms with van der Waals surface area (Å²) in [7, 11) is 3.32. The van der Waals surface area contributed by atoms with Gasteiger partial charge in [-0.25, -0.2) is 4.79 Å². The molecule has 1 aliphatic heterocycles. The van der Waals surface area contributed by atoms with E-state index in [1.165, 1.54) is 0 Å². The molecule has 6 nitrogen and oxygen atoms in total. The SMILES string of the molecule is C=C(C)c1c(OC)cc(-c2cccc(N3CCN(C(=O)OC(C)(C)C)CC3)c2)cc1OC. The van der Waals surface area contributed by atoms with E-state index in [4.69, 9.17) is 14.2 Å². The standard InChI is InChI=1S/C26H34N2O4/c1-18(2)24-22(30-6)16-20(17-23(24)31-7)19-9-8-10-21(15-19)27-11-13-28(14-12-27)25(29)32-26(3,4)5/h8-10,15-17H,1,11-14H2,2-7H3. The first-order chi connectivity index (χ1) is 15.1. The molecule has 3 rings (SSSR count). The van der Waals surface area contributed by atoms with Crippen LogP contribution >= 0.6 is 0 Å². The van der Waals surface area contributed by atoms with E-state index in [9.17, 15) is 4.79 Å². The Morgan fingerprint density at radius 2 is 1.53 bits per heavy atom. The lowest BCUT2D eigenvalue weighted by Gasteiger charge is -2.36. The van der Waals surface area contributed by atoms with Gasteiger partial charge in [-0.2, -0.15) is 0 Å². The number of benzene rings is 2. The van der Waals surface area contributed by atoms with E-state index < -0.39 is 5.60 Å². The first kappa shape index (κ1) is 23.5. The fraction of sp³-hybridized carbons (Fsp3) is 0.423. The molecule has 0 spiro atoms. The molecule has 1 fully saturated rings. The summed E-state index contributed by atoms with van der Waals surface area (Å²) in [4.78, 5) is 16.4. The van der Waals surface area contributed by atoms with E-state index in [0.29, 0.717) is 13.1 Å². The maximum Gasteiger partial charge on any atom is 0.410 e. The number of anilines is 1. The van der Waals surface area contributed by atoms with Crippen LogP contribution < -0.4 is 14.4 Å². The van der Waals surface area contributed by atoms with E-state index in [1.54, 1.807) is 19.1 Å². The van der Waals surface area contributed by atoms with Crippen molar-refractivity contribution in [3.8, 4) is 22.6 Å². The van der Waals surface area contributed by atoms with Gasteiger partial charge in [0.15, 0.2) is 0 Å². The van der Waals surface area contributed by atoms with Crippen LogP contribution in [0.25, 0.3) is 16.7 Å². The number of allylic oxidation sites excluding steroid dienone is 1. The Hall–Kier alpha value is -3.15. The predicted molar refractivity (Wildman–Crippen MR) is 130 cm³/mol. The Bertz CT molecular complexity index is 961. The van der Waals surface area contributed by atoms with E-state index in [0.717, 1.165) is 52.5 Å². The lowest BCUT2D eigenvalue weighted by atomic mass is 9.98. The number of nitrogens with zero attached hydrogens (tertiary/aromatic N) is 2. The maximum atomic E-state index is 12.3. The van der Waals surface area contributed by atoms with Crippen LogP contribution in [0.5, 0.6) is 11.5 Å². The van der Waals surface area contributed by atoms with Gasteiger partial charge in [0, 0.05) is 31.9 Å². The molecule has 1 saturated heterocycles. The highest BCUT2D eigenvalue weighted by molar-refractivity contribution is 5.79. The highest BCUT2D eigenvalue weighted by atomic mass is 16.6. The van der Waals surface area contributed by atoms with Crippen molar-refractivity contribution in [1.82, 2.24) is 4.90 Å². The largest absolute Gasteiger partial charge is 0.496 e. The fourth-order valence-electron chi connectivity index (χ4n) is 3.86. The van der Waals surface area contributed by atoms with E-state index in [1.807, 2.05) is 39.8 Å². The summed E-state index contributed by atoms with van der Waals surface area (Å²) < 4.78 is 16.8. The van der Waals surface area contributed by atoms with Crippen LogP contribution in [0.15, 0.2) is 43.0 Å². The van der Waals surface area contributed by atoms with Crippen LogP contribution in [0, 0.1) is 0 Å². The molecule has 2 aromatic rings. The van der Waals surface area contributed by atoms with Crippen molar-refractivity contribution in [3.63, 3.8) is 0 Å². The van der Waals surface area contributed by atoms with Crippen LogP contribution in [0.3, 0.4) is 0 Å². The van der Waals surface area contributed by atoms with Crippen molar-refractivity contribution in [2.75, 3.05) is 45.3 Å². The minimum atomic E-state index is -0.482. The molecule has 1 aliphatic rings. The first-order valence-electron chi connectivity index (χ1n) is 10.9. The van der Waals surface area contributed by atoms with Crippen molar-refractivity contribution in [3.05, 3.63) is 48.5 Å². The number of rotatable bonds is 5. The Labute approximate surface area is 191 Å². The summed E-state index contributed by atoms with van der Waals surface area (Å²) >= 11 is 0. The van der Waals surface area contributed by atoms with Crippen LogP contribution in [0.2, 0.25) is 0 Å². The van der Waals surface area contributed by atoms with Crippen molar-refractivity contribution in [2.24, 2.45) is 0 Å². The molecule has 32 heavy (non-hydrogen) atoms. The summed E-state index contributed by atoms with van der Waals surface area (Å²) in [5, 5.41) is 0. The molecule has 0 bridgehead atoms. The van der Waals surface area contributed by atoms with Gasteiger partial charge in [0.2, 0.25) is 0 Å². The van der Waals surface area contributed by atoms with Crippen molar-refractivity contribution < 1.29 is 19.0 Å². The number of piperazine rings is 1. The molecular weight excluding hydrogens is 404 g/mol. The van der Waals surface area contributed by atoms with Crippen molar-refractivity contribution in [2.45, 2.75) is 33.3 Å². The number of hydrogen-bond donors (Lipinski definition) is 0. The predicted octanol–water partition coefficient (Wildman–Crippen LogP) is 5.46. The number of carbonyl (C=O) groups is 1. The van der Waals surface area contributed by atoms with Gasteiger partial charge in [-0.3, -0.25) is 0 Å². The summed E-state index contributed by atoms with van der Waals surface area (Å²) in [6, 6.07) is 12.4. The van der Waals surface area contributed by atoms with E-state index >= 15 is 0 Å². The third-order valence-electron chi connectivity index (χ3n) is 5.41. The second-order valence-corrected chi connectivity index (χ2v) is 9.04. The summed E-state index contributed by atoms with van der Waals surface area (Å²) in [5.74, 6) is 1.48. The van der Waals surface area contributed by atoms with E-state index in [2.05, 4.69) is 35.7 Å². The lowest BCUT2D eigenvalue weighted by molar-refractivity contribution is 0.0240. The minimum Gasteiger partial charge on any atom is -0.496 e. The number of carbonyl (C=O) groups excluding carboxylic acids is 1. The third-order valence-corrected chi connectivity index (χ3v) is 5.41.